The van der Waals surface area contributed by atoms with Gasteiger partial charge in [-0.05, 0) is 12.1 Å². The zero-order chi connectivity index (χ0) is 13.1. The van der Waals surface area contributed by atoms with E-state index in [-0.39, 0.29) is 24.0 Å². The summed E-state index contributed by atoms with van der Waals surface area (Å²) >= 11 is 5.89. The zero-order valence-electron chi connectivity index (χ0n) is 9.84. The minimum Gasteiger partial charge on any atom is -0.497 e. The number of halogens is 2. The molecule has 2 rings (SSSR count). The van der Waals surface area contributed by atoms with Crippen molar-refractivity contribution in [2.75, 3.05) is 12.8 Å². The van der Waals surface area contributed by atoms with Crippen molar-refractivity contribution in [2.45, 2.75) is 0 Å². The predicted molar refractivity (Wildman–Crippen MR) is 74.6 cm³/mol. The van der Waals surface area contributed by atoms with E-state index in [0.717, 1.165) is 0 Å². The lowest BCUT2D eigenvalue weighted by Crippen LogP contribution is -2.13. The second-order valence-corrected chi connectivity index (χ2v) is 3.82. The van der Waals surface area contributed by atoms with Gasteiger partial charge in [-0.1, -0.05) is 11.6 Å². The first-order chi connectivity index (χ1) is 8.60. The van der Waals surface area contributed by atoms with Crippen molar-refractivity contribution in [2.24, 2.45) is 0 Å². The van der Waals surface area contributed by atoms with Crippen LogP contribution in [0.2, 0.25) is 5.02 Å². The highest BCUT2D eigenvalue weighted by atomic mass is 35.5. The molecule has 0 bridgehead atoms. The van der Waals surface area contributed by atoms with Crippen LogP contribution < -0.4 is 20.8 Å². The van der Waals surface area contributed by atoms with Crippen LogP contribution in [-0.4, -0.2) is 17.1 Å². The summed E-state index contributed by atoms with van der Waals surface area (Å²) in [6, 6.07) is 4.80. The molecule has 6 nitrogen and oxygen atoms in total. The van der Waals surface area contributed by atoms with E-state index in [1.807, 2.05) is 0 Å². The van der Waals surface area contributed by atoms with Gasteiger partial charge in [-0.15, -0.1) is 12.4 Å². The lowest BCUT2D eigenvalue weighted by molar-refractivity contribution is 0.407. The van der Waals surface area contributed by atoms with Crippen molar-refractivity contribution < 1.29 is 9.47 Å². The molecular weight excluding hydrogens is 293 g/mol. The van der Waals surface area contributed by atoms with Gasteiger partial charge in [0, 0.05) is 11.1 Å². The molecule has 0 atom stereocenters. The van der Waals surface area contributed by atoms with Crippen LogP contribution in [0.1, 0.15) is 0 Å². The summed E-state index contributed by atoms with van der Waals surface area (Å²) in [5, 5.41) is 0.438. The number of anilines is 1. The molecule has 1 aromatic carbocycles. The number of aromatic nitrogens is 2. The lowest BCUT2D eigenvalue weighted by atomic mass is 10.3. The molecule has 0 fully saturated rings. The van der Waals surface area contributed by atoms with E-state index < -0.39 is 5.56 Å². The number of rotatable bonds is 3. The molecule has 8 heteroatoms. The van der Waals surface area contributed by atoms with E-state index in [9.17, 15) is 4.79 Å². The van der Waals surface area contributed by atoms with E-state index in [1.165, 1.54) is 13.4 Å². The Bertz CT molecular complexity index is 631. The molecule has 0 aliphatic carbocycles. The Kier molecular flexibility index (Phi) is 5.02. The Morgan fingerprint density at radius 3 is 2.68 bits per heavy atom. The highest BCUT2D eigenvalue weighted by Crippen LogP contribution is 2.29. The average molecular weight is 304 g/mol. The predicted octanol–water partition coefficient (Wildman–Crippen LogP) is 2.23. The first-order valence-electron chi connectivity index (χ1n) is 4.95. The number of hydrogen-bond donors (Lipinski definition) is 2. The van der Waals surface area contributed by atoms with Gasteiger partial charge in [0.1, 0.15) is 11.5 Å². The van der Waals surface area contributed by atoms with Gasteiger partial charge < -0.3 is 20.2 Å². The fourth-order valence-corrected chi connectivity index (χ4v) is 1.52. The van der Waals surface area contributed by atoms with E-state index in [1.54, 1.807) is 18.2 Å². The van der Waals surface area contributed by atoms with Crippen LogP contribution in [-0.2, 0) is 0 Å². The van der Waals surface area contributed by atoms with Crippen LogP contribution in [0.15, 0.2) is 29.3 Å². The summed E-state index contributed by atoms with van der Waals surface area (Å²) in [5.74, 6) is 0.924. The summed E-state index contributed by atoms with van der Waals surface area (Å²) in [6.45, 7) is 0. The molecule has 102 valence electrons. The van der Waals surface area contributed by atoms with Crippen molar-refractivity contribution in [1.29, 1.82) is 0 Å². The van der Waals surface area contributed by atoms with Gasteiger partial charge in [0.25, 0.3) is 5.56 Å². The number of nitrogens with one attached hydrogen (secondary N) is 1. The van der Waals surface area contributed by atoms with Gasteiger partial charge >= 0.3 is 0 Å². The minimum absolute atomic E-state index is 0. The van der Waals surface area contributed by atoms with Crippen molar-refractivity contribution in [1.82, 2.24) is 9.97 Å². The van der Waals surface area contributed by atoms with Crippen molar-refractivity contribution >= 4 is 29.7 Å². The maximum Gasteiger partial charge on any atom is 0.277 e. The normalized spacial score (nSPS) is 9.58. The third-order valence-corrected chi connectivity index (χ3v) is 2.37. The summed E-state index contributed by atoms with van der Waals surface area (Å²) in [5.41, 5.74) is 4.98. The topological polar surface area (TPSA) is 90.2 Å². The molecular formula is C11H11Cl2N3O3. The number of methoxy groups -OCH3 is 1. The number of aromatic amines is 1. The Labute approximate surface area is 119 Å². The third kappa shape index (κ3) is 3.52. The largest absolute Gasteiger partial charge is 0.497 e. The Balaban J connectivity index is 0.00000180. The van der Waals surface area contributed by atoms with Crippen LogP contribution in [0.4, 0.5) is 5.69 Å². The maximum atomic E-state index is 11.3. The number of hydrogen-bond acceptors (Lipinski definition) is 5. The van der Waals surface area contributed by atoms with Gasteiger partial charge in [-0.25, -0.2) is 4.98 Å². The SMILES string of the molecule is COc1cc(Cl)cc(Oc2nc[nH]c(=O)c2N)c1.Cl. The molecule has 2 aromatic rings. The Morgan fingerprint density at radius 1 is 1.32 bits per heavy atom. The smallest absolute Gasteiger partial charge is 0.277 e. The number of nitrogens with two attached hydrogens (primary N) is 1. The highest BCUT2D eigenvalue weighted by molar-refractivity contribution is 6.30. The molecule has 1 heterocycles. The molecule has 0 radical (unpaired) electrons. The van der Waals surface area contributed by atoms with Crippen LogP contribution in [0.5, 0.6) is 17.4 Å². The first-order valence-corrected chi connectivity index (χ1v) is 5.33. The quantitative estimate of drug-likeness (QED) is 0.907. The first kappa shape index (κ1) is 15.1. The molecule has 0 amide bonds. The van der Waals surface area contributed by atoms with E-state index >= 15 is 0 Å². The van der Waals surface area contributed by atoms with Gasteiger partial charge in [-0.2, -0.15) is 0 Å². The highest BCUT2D eigenvalue weighted by Gasteiger charge is 2.08. The van der Waals surface area contributed by atoms with Crippen LogP contribution >= 0.6 is 24.0 Å². The molecule has 0 saturated carbocycles. The molecule has 19 heavy (non-hydrogen) atoms. The Hall–Kier alpha value is -1.92. The van der Waals surface area contributed by atoms with Crippen molar-refractivity contribution in [3.05, 3.63) is 39.9 Å². The lowest BCUT2D eigenvalue weighted by Gasteiger charge is -2.08. The van der Waals surface area contributed by atoms with E-state index in [4.69, 9.17) is 26.8 Å². The van der Waals surface area contributed by atoms with Crippen LogP contribution in [0, 0.1) is 0 Å². The summed E-state index contributed by atoms with van der Waals surface area (Å²) in [6.07, 6.45) is 1.20. The standard InChI is InChI=1S/C11H10ClN3O3.ClH/c1-17-7-2-6(12)3-8(4-7)18-11-9(13)10(16)14-5-15-11;/h2-5H,13H2,1H3,(H,14,15,16);1H. The van der Waals surface area contributed by atoms with Crippen molar-refractivity contribution in [3.8, 4) is 17.4 Å². The molecule has 0 saturated heterocycles. The molecule has 0 spiro atoms. The van der Waals surface area contributed by atoms with Gasteiger partial charge in [0.15, 0.2) is 5.69 Å². The number of nitrogen functional groups attached to an aromatic ring is 1. The zero-order valence-corrected chi connectivity index (χ0v) is 11.4. The molecule has 3 N–H and O–H groups in total. The maximum absolute atomic E-state index is 11.3. The van der Waals surface area contributed by atoms with E-state index in [2.05, 4.69) is 9.97 Å². The third-order valence-electron chi connectivity index (χ3n) is 2.15. The monoisotopic (exact) mass is 303 g/mol. The summed E-state index contributed by atoms with van der Waals surface area (Å²) in [7, 11) is 1.51. The van der Waals surface area contributed by atoms with Gasteiger partial charge in [0.05, 0.1) is 13.4 Å². The van der Waals surface area contributed by atoms with E-state index in [0.29, 0.717) is 16.5 Å². The number of benzene rings is 1. The number of ether oxygens (including phenoxy) is 2. The molecule has 0 aliphatic heterocycles. The fraction of sp³-hybridized carbons (Fsp3) is 0.0909. The van der Waals surface area contributed by atoms with Crippen molar-refractivity contribution in [3.63, 3.8) is 0 Å². The van der Waals surface area contributed by atoms with Gasteiger partial charge in [-0.3, -0.25) is 4.79 Å². The number of nitrogens with zero attached hydrogens (tertiary/aromatic N) is 1. The summed E-state index contributed by atoms with van der Waals surface area (Å²) in [4.78, 5) is 17.4. The Morgan fingerprint density at radius 2 is 2.00 bits per heavy atom. The fourth-order valence-electron chi connectivity index (χ4n) is 1.30. The minimum atomic E-state index is -0.464. The molecule has 0 unspecified atom stereocenters. The second kappa shape index (κ2) is 6.31. The average Bonchev–Trinajstić information content (AvgIpc) is 2.34. The molecule has 0 aliphatic rings. The van der Waals surface area contributed by atoms with Crippen LogP contribution in [0.3, 0.4) is 0 Å². The van der Waals surface area contributed by atoms with Crippen LogP contribution in [0.25, 0.3) is 0 Å². The second-order valence-electron chi connectivity index (χ2n) is 3.38. The summed E-state index contributed by atoms with van der Waals surface area (Å²) < 4.78 is 10.4. The molecule has 1 aromatic heterocycles. The van der Waals surface area contributed by atoms with Gasteiger partial charge in [0.2, 0.25) is 5.88 Å². The number of H-pyrrole nitrogens is 1.